The second kappa shape index (κ2) is 6.17. The van der Waals surface area contributed by atoms with Crippen LogP contribution >= 0.6 is 11.8 Å². The average Bonchev–Trinajstić information content (AvgIpc) is 2.94. The third-order valence-electron chi connectivity index (χ3n) is 3.90. The van der Waals surface area contributed by atoms with Crippen molar-refractivity contribution < 1.29 is 0 Å². The highest BCUT2D eigenvalue weighted by molar-refractivity contribution is 7.98. The number of thioether (sulfide) groups is 1. The summed E-state index contributed by atoms with van der Waals surface area (Å²) in [5.41, 5.74) is 0. The van der Waals surface area contributed by atoms with Crippen molar-refractivity contribution in [2.45, 2.75) is 56.5 Å². The van der Waals surface area contributed by atoms with Crippen LogP contribution in [0.5, 0.6) is 0 Å². The Morgan fingerprint density at radius 2 is 2.14 bits per heavy atom. The van der Waals surface area contributed by atoms with Crippen molar-refractivity contribution in [3.05, 3.63) is 18.0 Å². The number of aromatic nitrogens is 6. The van der Waals surface area contributed by atoms with E-state index in [1.807, 2.05) is 4.68 Å². The summed E-state index contributed by atoms with van der Waals surface area (Å²) in [6, 6.07) is 0. The maximum atomic E-state index is 4.36. The maximum Gasteiger partial charge on any atom is 0.191 e. The number of hydrogen-bond donors (Lipinski definition) is 0. The van der Waals surface area contributed by atoms with Crippen LogP contribution in [0.15, 0.2) is 11.5 Å². The van der Waals surface area contributed by atoms with Crippen molar-refractivity contribution in [3.63, 3.8) is 0 Å². The highest BCUT2D eigenvalue weighted by Crippen LogP contribution is 2.36. The molecular weight excluding hydrogens is 284 g/mol. The summed E-state index contributed by atoms with van der Waals surface area (Å²) in [4.78, 5) is 4.36. The quantitative estimate of drug-likeness (QED) is 0.768. The van der Waals surface area contributed by atoms with Crippen molar-refractivity contribution in [1.29, 1.82) is 0 Å². The summed E-state index contributed by atoms with van der Waals surface area (Å²) < 4.78 is 4.12. The van der Waals surface area contributed by atoms with E-state index < -0.39 is 0 Å². The molecule has 0 N–H and O–H groups in total. The Labute approximate surface area is 129 Å². The van der Waals surface area contributed by atoms with Gasteiger partial charge < -0.3 is 4.57 Å². The van der Waals surface area contributed by atoms with E-state index >= 15 is 0 Å². The Balaban J connectivity index is 1.65. The molecule has 0 unspecified atom stereocenters. The van der Waals surface area contributed by atoms with Gasteiger partial charge in [0.15, 0.2) is 5.16 Å². The minimum absolute atomic E-state index is 0.565. The van der Waals surface area contributed by atoms with Gasteiger partial charge in [0, 0.05) is 19.5 Å². The molecule has 0 radical (unpaired) electrons. The van der Waals surface area contributed by atoms with Gasteiger partial charge in [-0.05, 0) is 18.8 Å². The Bertz CT molecular complexity index is 598. The van der Waals surface area contributed by atoms with Gasteiger partial charge in [-0.25, -0.2) is 9.67 Å². The highest BCUT2D eigenvalue weighted by atomic mass is 32.2. The molecule has 2 aromatic heterocycles. The largest absolute Gasteiger partial charge is 0.309 e. The van der Waals surface area contributed by atoms with Crippen molar-refractivity contribution in [2.24, 2.45) is 13.0 Å². The van der Waals surface area contributed by atoms with Crippen molar-refractivity contribution in [1.82, 2.24) is 29.5 Å². The molecule has 21 heavy (non-hydrogen) atoms. The summed E-state index contributed by atoms with van der Waals surface area (Å²) in [6.45, 7) is 5.28. The van der Waals surface area contributed by atoms with Gasteiger partial charge >= 0.3 is 0 Å². The molecule has 1 aliphatic carbocycles. The molecule has 1 saturated carbocycles. The second-order valence-electron chi connectivity index (χ2n) is 6.07. The molecule has 0 aliphatic heterocycles. The molecule has 1 fully saturated rings. The van der Waals surface area contributed by atoms with Crippen molar-refractivity contribution in [3.8, 4) is 0 Å². The Morgan fingerprint density at radius 1 is 1.33 bits per heavy atom. The Hall–Kier alpha value is -1.37. The molecule has 2 aromatic rings. The molecule has 0 bridgehead atoms. The van der Waals surface area contributed by atoms with Crippen LogP contribution in [0.2, 0.25) is 0 Å². The molecule has 7 heteroatoms. The van der Waals surface area contributed by atoms with E-state index in [2.05, 4.69) is 45.7 Å². The third-order valence-corrected chi connectivity index (χ3v) is 4.92. The zero-order chi connectivity index (χ0) is 14.8. The molecule has 0 atom stereocenters. The summed E-state index contributed by atoms with van der Waals surface area (Å²) >= 11 is 1.68. The average molecular weight is 306 g/mol. The van der Waals surface area contributed by atoms with Gasteiger partial charge in [0.25, 0.3) is 0 Å². The van der Waals surface area contributed by atoms with E-state index in [4.69, 9.17) is 0 Å². The summed E-state index contributed by atoms with van der Waals surface area (Å²) in [7, 11) is 2.06. The monoisotopic (exact) mass is 306 g/mol. The fraction of sp³-hybridized carbons (Fsp3) is 0.714. The molecule has 6 nitrogen and oxygen atoms in total. The molecule has 0 amide bonds. The van der Waals surface area contributed by atoms with Crippen LogP contribution in [-0.4, -0.2) is 29.5 Å². The Morgan fingerprint density at radius 3 is 2.81 bits per heavy atom. The van der Waals surface area contributed by atoms with E-state index in [0.29, 0.717) is 11.8 Å². The van der Waals surface area contributed by atoms with Crippen molar-refractivity contribution in [2.75, 3.05) is 0 Å². The van der Waals surface area contributed by atoms with Gasteiger partial charge in [0.2, 0.25) is 0 Å². The van der Waals surface area contributed by atoms with Gasteiger partial charge in [0.1, 0.15) is 18.0 Å². The molecular formula is C14H22N6S. The molecule has 0 saturated heterocycles. The number of nitrogens with zero attached hydrogens (tertiary/aromatic N) is 6. The lowest BCUT2D eigenvalue weighted by Gasteiger charge is -2.23. The lowest BCUT2D eigenvalue weighted by molar-refractivity contribution is 0.390. The SMILES string of the molecule is CC(C)Cn1ncnc1CSc1nnc(C2CCC2)n1C. The van der Waals surface area contributed by atoms with Crippen LogP contribution in [0.3, 0.4) is 0 Å². The van der Waals surface area contributed by atoms with Gasteiger partial charge in [0.05, 0.1) is 5.75 Å². The fourth-order valence-corrected chi connectivity index (χ4v) is 3.37. The van der Waals surface area contributed by atoms with Crippen LogP contribution in [-0.2, 0) is 19.3 Å². The summed E-state index contributed by atoms with van der Waals surface area (Å²) in [5.74, 6) is 4.09. The smallest absolute Gasteiger partial charge is 0.191 e. The first-order chi connectivity index (χ1) is 10.1. The molecule has 114 valence electrons. The van der Waals surface area contributed by atoms with E-state index in [1.165, 1.54) is 19.3 Å². The van der Waals surface area contributed by atoms with E-state index in [9.17, 15) is 0 Å². The number of hydrogen-bond acceptors (Lipinski definition) is 5. The summed E-state index contributed by atoms with van der Waals surface area (Å²) in [6.07, 6.45) is 5.45. The Kier molecular flexibility index (Phi) is 4.28. The lowest BCUT2D eigenvalue weighted by atomic mass is 9.85. The standard InChI is InChI=1S/C14H22N6S/c1-10(2)7-20-12(15-9-16-20)8-21-14-18-17-13(19(14)3)11-5-4-6-11/h9-11H,4-8H2,1-3H3. The minimum atomic E-state index is 0.565. The van der Waals surface area contributed by atoms with Gasteiger partial charge in [-0.3, -0.25) is 0 Å². The minimum Gasteiger partial charge on any atom is -0.309 e. The lowest BCUT2D eigenvalue weighted by Crippen LogP contribution is -2.14. The summed E-state index contributed by atoms with van der Waals surface area (Å²) in [5, 5.41) is 13.9. The highest BCUT2D eigenvalue weighted by Gasteiger charge is 2.25. The zero-order valence-electron chi connectivity index (χ0n) is 12.9. The number of rotatable bonds is 6. The molecule has 2 heterocycles. The van der Waals surface area contributed by atoms with Crippen LogP contribution in [0, 0.1) is 5.92 Å². The molecule has 0 spiro atoms. The topological polar surface area (TPSA) is 61.4 Å². The first-order valence-corrected chi connectivity index (χ1v) is 8.52. The van der Waals surface area contributed by atoms with E-state index in [1.54, 1.807) is 18.1 Å². The van der Waals surface area contributed by atoms with Crippen molar-refractivity contribution >= 4 is 11.8 Å². The predicted octanol–water partition coefficient (Wildman–Crippen LogP) is 2.62. The molecule has 1 aliphatic rings. The maximum absolute atomic E-state index is 4.36. The van der Waals surface area contributed by atoms with Crippen LogP contribution < -0.4 is 0 Å². The second-order valence-corrected chi connectivity index (χ2v) is 7.01. The van der Waals surface area contributed by atoms with Gasteiger partial charge in [-0.1, -0.05) is 32.0 Å². The predicted molar refractivity (Wildman–Crippen MR) is 82.0 cm³/mol. The van der Waals surface area contributed by atoms with Gasteiger partial charge in [-0.2, -0.15) is 5.10 Å². The van der Waals surface area contributed by atoms with Crippen LogP contribution in [0.4, 0.5) is 0 Å². The van der Waals surface area contributed by atoms with Crippen LogP contribution in [0.25, 0.3) is 0 Å². The zero-order valence-corrected chi connectivity index (χ0v) is 13.7. The third kappa shape index (κ3) is 3.12. The van der Waals surface area contributed by atoms with E-state index in [-0.39, 0.29) is 0 Å². The van der Waals surface area contributed by atoms with Crippen LogP contribution in [0.1, 0.15) is 50.7 Å². The molecule has 3 rings (SSSR count). The first-order valence-electron chi connectivity index (χ1n) is 7.54. The first kappa shape index (κ1) is 14.6. The van der Waals surface area contributed by atoms with E-state index in [0.717, 1.165) is 29.1 Å². The fourth-order valence-electron chi connectivity index (χ4n) is 2.50. The molecule has 0 aromatic carbocycles. The normalized spacial score (nSPS) is 15.6. The van der Waals surface area contributed by atoms with Gasteiger partial charge in [-0.15, -0.1) is 10.2 Å².